The number of nitrogens with zero attached hydrogens (tertiary/aromatic N) is 3. The van der Waals surface area contributed by atoms with Crippen molar-refractivity contribution in [3.05, 3.63) is 76.8 Å². The number of benzene rings is 2. The van der Waals surface area contributed by atoms with E-state index in [1.807, 2.05) is 49.9 Å². The molecule has 4 rings (SSSR count). The summed E-state index contributed by atoms with van der Waals surface area (Å²) >= 11 is 6.07. The van der Waals surface area contributed by atoms with E-state index < -0.39 is 11.5 Å². The molecule has 0 radical (unpaired) electrons. The van der Waals surface area contributed by atoms with Crippen molar-refractivity contribution in [2.75, 3.05) is 26.2 Å². The van der Waals surface area contributed by atoms with Crippen molar-refractivity contribution in [2.24, 2.45) is 10.9 Å². The zero-order valence-corrected chi connectivity index (χ0v) is 22.9. The molecule has 2 atom stereocenters. The monoisotopic (exact) mass is 534 g/mol. The lowest BCUT2D eigenvalue weighted by atomic mass is 9.91. The van der Waals surface area contributed by atoms with E-state index in [1.54, 1.807) is 29.2 Å². The quantitative estimate of drug-likeness (QED) is 0.444. The zero-order chi connectivity index (χ0) is 27.3. The summed E-state index contributed by atoms with van der Waals surface area (Å²) in [4.78, 5) is 34.7. The maximum atomic E-state index is 13.8. The first-order valence-corrected chi connectivity index (χ1v) is 13.4. The number of aliphatic imine (C=N–C) groups is 1. The summed E-state index contributed by atoms with van der Waals surface area (Å²) in [5, 5.41) is 8.83. The van der Waals surface area contributed by atoms with Crippen molar-refractivity contribution < 1.29 is 14.3 Å². The second kappa shape index (κ2) is 11.9. The highest BCUT2D eigenvalue weighted by Crippen LogP contribution is 2.30. The summed E-state index contributed by atoms with van der Waals surface area (Å²) in [6.45, 7) is 7.58. The molecule has 0 spiro atoms. The second-order valence-corrected chi connectivity index (χ2v) is 11.1. The van der Waals surface area contributed by atoms with Crippen LogP contribution in [0.3, 0.4) is 0 Å². The average Bonchev–Trinajstić information content (AvgIpc) is 3.40. The van der Waals surface area contributed by atoms with E-state index >= 15 is 0 Å². The van der Waals surface area contributed by atoms with Crippen LogP contribution in [-0.4, -0.2) is 65.5 Å². The third-order valence-electron chi connectivity index (χ3n) is 6.76. The Kier molecular flexibility index (Phi) is 8.67. The summed E-state index contributed by atoms with van der Waals surface area (Å²) in [7, 11) is 0. The summed E-state index contributed by atoms with van der Waals surface area (Å²) in [6, 6.07) is 17.3. The van der Waals surface area contributed by atoms with E-state index in [0.29, 0.717) is 49.0 Å². The molecule has 2 amide bonds. The molecule has 2 aromatic carbocycles. The molecule has 1 saturated heterocycles. The smallest absolute Gasteiger partial charge is 0.410 e. The maximum Gasteiger partial charge on any atom is 0.410 e. The number of carbonyl (C=O) groups excluding carboxylic acids is 2. The molecule has 0 aliphatic carbocycles. The van der Waals surface area contributed by atoms with Crippen molar-refractivity contribution in [2.45, 2.75) is 45.1 Å². The number of rotatable bonds is 6. The summed E-state index contributed by atoms with van der Waals surface area (Å²) in [5.41, 5.74) is 2.71. The van der Waals surface area contributed by atoms with Crippen LogP contribution in [-0.2, 0) is 9.53 Å². The first kappa shape index (κ1) is 27.6. The fourth-order valence-corrected chi connectivity index (χ4v) is 4.94. The van der Waals surface area contributed by atoms with E-state index in [9.17, 15) is 9.59 Å². The fraction of sp³-hybridized carbons (Fsp3) is 0.400. The van der Waals surface area contributed by atoms with Gasteiger partial charge in [0.2, 0.25) is 5.91 Å². The van der Waals surface area contributed by atoms with E-state index in [2.05, 4.69) is 12.1 Å². The number of hydrogen-bond donors (Lipinski definition) is 1. The molecule has 8 heteroatoms. The van der Waals surface area contributed by atoms with E-state index in [1.165, 1.54) is 11.8 Å². The number of nitrogens with one attached hydrogen (secondary N) is 1. The molecule has 7 nitrogen and oxygen atoms in total. The van der Waals surface area contributed by atoms with Gasteiger partial charge in [-0.15, -0.1) is 0 Å². The van der Waals surface area contributed by atoms with Crippen LogP contribution in [0.2, 0.25) is 5.02 Å². The zero-order valence-electron chi connectivity index (χ0n) is 22.2. The third kappa shape index (κ3) is 6.90. The molecule has 2 aromatic rings. The lowest BCUT2D eigenvalue weighted by Gasteiger charge is -2.31. The Hall–Kier alpha value is -3.45. The lowest BCUT2D eigenvalue weighted by Crippen LogP contribution is -2.42. The Balaban J connectivity index is 1.58. The maximum absolute atomic E-state index is 13.8. The van der Waals surface area contributed by atoms with Gasteiger partial charge in [0.1, 0.15) is 11.5 Å². The summed E-state index contributed by atoms with van der Waals surface area (Å²) in [5.74, 6) is -0.666. The van der Waals surface area contributed by atoms with Gasteiger partial charge < -0.3 is 19.9 Å². The number of halogens is 1. The Morgan fingerprint density at radius 1 is 1.08 bits per heavy atom. The normalized spacial score (nSPS) is 19.1. The van der Waals surface area contributed by atoms with Crippen LogP contribution in [0.25, 0.3) is 0 Å². The van der Waals surface area contributed by atoms with Gasteiger partial charge in [-0.3, -0.25) is 9.79 Å². The molecule has 1 N–H and O–H groups in total. The van der Waals surface area contributed by atoms with Crippen LogP contribution in [0.15, 0.2) is 71.2 Å². The number of amides is 2. The standard InChI is InChI=1S/C30H35ClN4O3/c1-30(2,3)38-29(37)34-16-13-22(14-17-34)27(33-25-11-9-24(31)10-12-25)26(19-32)28(36)35-18-15-23(20-35)21-7-5-4-6-8-21/h4-13,19,23,26,32H,14-18,20H2,1-3H3. The minimum absolute atomic E-state index is 0.124. The topological polar surface area (TPSA) is 86.1 Å². The van der Waals surface area contributed by atoms with Crippen LogP contribution in [0.4, 0.5) is 10.5 Å². The Bertz CT molecular complexity index is 1220. The molecule has 0 bridgehead atoms. The first-order valence-electron chi connectivity index (χ1n) is 13.0. The van der Waals surface area contributed by atoms with Crippen LogP contribution in [0.1, 0.15) is 45.1 Å². The fourth-order valence-electron chi connectivity index (χ4n) is 4.81. The molecule has 2 heterocycles. The minimum Gasteiger partial charge on any atom is -0.444 e. The molecule has 38 heavy (non-hydrogen) atoms. The molecule has 0 saturated carbocycles. The largest absolute Gasteiger partial charge is 0.444 e. The van der Waals surface area contributed by atoms with Gasteiger partial charge in [-0.25, -0.2) is 4.79 Å². The Morgan fingerprint density at radius 2 is 1.79 bits per heavy atom. The predicted octanol–water partition coefficient (Wildman–Crippen LogP) is 6.26. The van der Waals surface area contributed by atoms with Crippen molar-refractivity contribution in [3.8, 4) is 0 Å². The molecule has 2 aliphatic heterocycles. The van der Waals surface area contributed by atoms with Crippen molar-refractivity contribution in [1.82, 2.24) is 9.80 Å². The summed E-state index contributed by atoms with van der Waals surface area (Å²) < 4.78 is 5.52. The van der Waals surface area contributed by atoms with Gasteiger partial charge in [-0.1, -0.05) is 48.0 Å². The average molecular weight is 535 g/mol. The Labute approximate surface area is 229 Å². The second-order valence-electron chi connectivity index (χ2n) is 10.7. The Morgan fingerprint density at radius 3 is 2.39 bits per heavy atom. The van der Waals surface area contributed by atoms with E-state index in [-0.39, 0.29) is 17.9 Å². The third-order valence-corrected chi connectivity index (χ3v) is 7.02. The van der Waals surface area contributed by atoms with Gasteiger partial charge in [0, 0.05) is 43.3 Å². The molecule has 0 aromatic heterocycles. The molecule has 2 unspecified atom stereocenters. The number of carbonyl (C=O) groups is 2. The predicted molar refractivity (Wildman–Crippen MR) is 152 cm³/mol. The van der Waals surface area contributed by atoms with Crippen LogP contribution >= 0.6 is 11.6 Å². The highest BCUT2D eigenvalue weighted by atomic mass is 35.5. The van der Waals surface area contributed by atoms with Crippen molar-refractivity contribution in [1.29, 1.82) is 5.41 Å². The van der Waals surface area contributed by atoms with Gasteiger partial charge >= 0.3 is 6.09 Å². The molecular weight excluding hydrogens is 500 g/mol. The van der Waals surface area contributed by atoms with E-state index in [4.69, 9.17) is 26.7 Å². The number of hydrogen-bond acceptors (Lipinski definition) is 5. The van der Waals surface area contributed by atoms with Crippen LogP contribution in [0.5, 0.6) is 0 Å². The molecule has 1 fully saturated rings. The van der Waals surface area contributed by atoms with Gasteiger partial charge in [0.05, 0.1) is 11.4 Å². The molecular formula is C30H35ClN4O3. The van der Waals surface area contributed by atoms with Gasteiger partial charge in [0.25, 0.3) is 0 Å². The van der Waals surface area contributed by atoms with Gasteiger partial charge in [-0.2, -0.15) is 0 Å². The van der Waals surface area contributed by atoms with Crippen LogP contribution < -0.4 is 0 Å². The highest BCUT2D eigenvalue weighted by molar-refractivity contribution is 6.30. The van der Waals surface area contributed by atoms with Gasteiger partial charge in [-0.05, 0) is 69.0 Å². The minimum atomic E-state index is -0.820. The number of likely N-dealkylation sites (tertiary alicyclic amines) is 1. The van der Waals surface area contributed by atoms with Crippen molar-refractivity contribution in [3.63, 3.8) is 0 Å². The van der Waals surface area contributed by atoms with Gasteiger partial charge in [0.15, 0.2) is 0 Å². The van der Waals surface area contributed by atoms with Crippen LogP contribution in [0, 0.1) is 11.3 Å². The van der Waals surface area contributed by atoms with E-state index in [0.717, 1.165) is 12.0 Å². The first-order chi connectivity index (χ1) is 18.1. The summed E-state index contributed by atoms with van der Waals surface area (Å²) in [6.07, 6.45) is 4.14. The molecule has 2 aliphatic rings. The SMILES string of the molecule is CC(C)(C)OC(=O)N1CC=C(C(=Nc2ccc(Cl)cc2)C(C=N)C(=O)N2CCC(c3ccccc3)C2)CC1. The highest BCUT2D eigenvalue weighted by Gasteiger charge is 2.35. The van der Waals surface area contributed by atoms with Crippen molar-refractivity contribution >= 4 is 41.2 Å². The molecule has 200 valence electrons. The lowest BCUT2D eigenvalue weighted by molar-refractivity contribution is -0.130. The number of ether oxygens (including phenoxy) is 1.